The van der Waals surface area contributed by atoms with Crippen LogP contribution < -0.4 is 5.43 Å². The zero-order valence-corrected chi connectivity index (χ0v) is 10.1. The van der Waals surface area contributed by atoms with Crippen LogP contribution in [0.4, 0.5) is 5.69 Å². The lowest BCUT2D eigenvalue weighted by Gasteiger charge is -2.04. The van der Waals surface area contributed by atoms with Crippen LogP contribution in [0.15, 0.2) is 23.3 Å². The normalized spacial score (nSPS) is 11.1. The zero-order valence-electron chi connectivity index (χ0n) is 9.37. The third kappa shape index (κ3) is 3.55. The van der Waals surface area contributed by atoms with Gasteiger partial charge in [-0.05, 0) is 37.1 Å². The molecule has 0 radical (unpaired) electrons. The summed E-state index contributed by atoms with van der Waals surface area (Å²) in [7, 11) is 1.25. The van der Waals surface area contributed by atoms with Crippen molar-refractivity contribution in [1.82, 2.24) is 0 Å². The highest BCUT2D eigenvalue weighted by Gasteiger charge is 2.07. The number of ether oxygens (including phenoxy) is 1. The predicted molar refractivity (Wildman–Crippen MR) is 64.8 cm³/mol. The molecule has 0 saturated heterocycles. The molecule has 0 aliphatic heterocycles. The third-order valence-corrected chi connectivity index (χ3v) is 2.10. The summed E-state index contributed by atoms with van der Waals surface area (Å²) in [5.74, 6) is -0.668. The van der Waals surface area contributed by atoms with Crippen LogP contribution >= 0.6 is 11.6 Å². The standard InChI is InChI=1S/C11H13ClN2O2/c1-7-4-8(2)6-9(5-7)13-14-10(12)11(15)16-3/h4-6,13H,1-3H3/b14-10-. The summed E-state index contributed by atoms with van der Waals surface area (Å²) in [6.07, 6.45) is 0. The zero-order chi connectivity index (χ0) is 12.1. The molecule has 0 aliphatic carbocycles. The molecule has 1 N–H and O–H groups in total. The van der Waals surface area contributed by atoms with E-state index in [1.807, 2.05) is 32.0 Å². The van der Waals surface area contributed by atoms with Crippen LogP contribution in [0.25, 0.3) is 0 Å². The van der Waals surface area contributed by atoms with Crippen molar-refractivity contribution in [3.05, 3.63) is 29.3 Å². The number of esters is 1. The predicted octanol–water partition coefficient (Wildman–Crippen LogP) is 2.44. The summed E-state index contributed by atoms with van der Waals surface area (Å²) >= 11 is 5.57. The first-order chi connectivity index (χ1) is 7.52. The molecule has 0 heterocycles. The second-order valence-electron chi connectivity index (χ2n) is 3.38. The van der Waals surface area contributed by atoms with E-state index in [0.717, 1.165) is 16.8 Å². The molecule has 1 aromatic carbocycles. The number of benzene rings is 1. The second kappa shape index (κ2) is 5.51. The van der Waals surface area contributed by atoms with Crippen molar-refractivity contribution in [3.63, 3.8) is 0 Å². The van der Waals surface area contributed by atoms with Crippen LogP contribution in [0.5, 0.6) is 0 Å². The Hall–Kier alpha value is -1.55. The minimum Gasteiger partial charge on any atom is -0.464 e. The Labute approximate surface area is 99.2 Å². The lowest BCUT2D eigenvalue weighted by atomic mass is 10.1. The average molecular weight is 241 g/mol. The SMILES string of the molecule is COC(=O)/C(Cl)=N/Nc1cc(C)cc(C)c1. The quantitative estimate of drug-likeness (QED) is 0.502. The number of hydrazone groups is 1. The topological polar surface area (TPSA) is 50.7 Å². The molecule has 0 bridgehead atoms. The molecule has 0 aromatic heterocycles. The molecule has 1 aromatic rings. The van der Waals surface area contributed by atoms with E-state index in [1.54, 1.807) is 0 Å². The number of nitrogens with one attached hydrogen (secondary N) is 1. The number of methoxy groups -OCH3 is 1. The van der Waals surface area contributed by atoms with Gasteiger partial charge in [0, 0.05) is 0 Å². The molecule has 0 unspecified atom stereocenters. The second-order valence-corrected chi connectivity index (χ2v) is 3.74. The molecule has 0 spiro atoms. The molecule has 16 heavy (non-hydrogen) atoms. The van der Waals surface area contributed by atoms with Gasteiger partial charge in [-0.2, -0.15) is 5.10 Å². The lowest BCUT2D eigenvalue weighted by Crippen LogP contribution is -2.11. The summed E-state index contributed by atoms with van der Waals surface area (Å²) in [6.45, 7) is 3.95. The summed E-state index contributed by atoms with van der Waals surface area (Å²) in [4.78, 5) is 10.9. The number of carbonyl (C=O) groups is 1. The monoisotopic (exact) mass is 240 g/mol. The summed E-state index contributed by atoms with van der Waals surface area (Å²) in [5, 5.41) is 3.47. The summed E-state index contributed by atoms with van der Waals surface area (Å²) < 4.78 is 4.41. The van der Waals surface area contributed by atoms with E-state index >= 15 is 0 Å². The number of nitrogens with zero attached hydrogens (tertiary/aromatic N) is 1. The van der Waals surface area contributed by atoms with E-state index in [-0.39, 0.29) is 5.17 Å². The van der Waals surface area contributed by atoms with Crippen molar-refractivity contribution in [2.24, 2.45) is 5.10 Å². The molecule has 0 atom stereocenters. The van der Waals surface area contributed by atoms with E-state index in [1.165, 1.54) is 7.11 Å². The minimum absolute atomic E-state index is 0.235. The number of anilines is 1. The van der Waals surface area contributed by atoms with Gasteiger partial charge >= 0.3 is 5.97 Å². The Bertz CT molecular complexity index is 410. The van der Waals surface area contributed by atoms with E-state index in [2.05, 4.69) is 15.3 Å². The van der Waals surface area contributed by atoms with Crippen LogP contribution in [0.3, 0.4) is 0 Å². The lowest BCUT2D eigenvalue weighted by molar-refractivity contribution is -0.132. The maximum atomic E-state index is 10.9. The van der Waals surface area contributed by atoms with Crippen molar-refractivity contribution < 1.29 is 9.53 Å². The van der Waals surface area contributed by atoms with Gasteiger partial charge in [-0.15, -0.1) is 0 Å². The van der Waals surface area contributed by atoms with Gasteiger partial charge in [0.25, 0.3) is 0 Å². The van der Waals surface area contributed by atoms with E-state index in [0.29, 0.717) is 0 Å². The molecule has 86 valence electrons. The Kier molecular flexibility index (Phi) is 4.31. The number of carbonyl (C=O) groups excluding carboxylic acids is 1. The van der Waals surface area contributed by atoms with Crippen molar-refractivity contribution >= 4 is 28.4 Å². The Balaban J connectivity index is 2.78. The summed E-state index contributed by atoms with van der Waals surface area (Å²) in [5.41, 5.74) is 5.68. The van der Waals surface area contributed by atoms with Crippen molar-refractivity contribution in [2.45, 2.75) is 13.8 Å². The van der Waals surface area contributed by atoms with Gasteiger partial charge in [-0.3, -0.25) is 5.43 Å². The molecule has 4 nitrogen and oxygen atoms in total. The molecular formula is C11H13ClN2O2. The highest BCUT2D eigenvalue weighted by molar-refractivity contribution is 6.82. The maximum Gasteiger partial charge on any atom is 0.370 e. The number of hydrogen-bond acceptors (Lipinski definition) is 4. The molecule has 5 heteroatoms. The van der Waals surface area contributed by atoms with Crippen LogP contribution in [-0.2, 0) is 9.53 Å². The maximum absolute atomic E-state index is 10.9. The Morgan fingerprint density at radius 2 is 1.88 bits per heavy atom. The van der Waals surface area contributed by atoms with Crippen molar-refractivity contribution in [3.8, 4) is 0 Å². The molecule has 0 fully saturated rings. The van der Waals surface area contributed by atoms with Crippen LogP contribution in [0, 0.1) is 13.8 Å². The fourth-order valence-corrected chi connectivity index (χ4v) is 1.40. The molecule has 1 rings (SSSR count). The average Bonchev–Trinajstić information content (AvgIpc) is 2.23. The first kappa shape index (κ1) is 12.5. The molecular weight excluding hydrogens is 228 g/mol. The highest BCUT2D eigenvalue weighted by atomic mass is 35.5. The van der Waals surface area contributed by atoms with Crippen LogP contribution in [0.2, 0.25) is 0 Å². The van der Waals surface area contributed by atoms with Crippen molar-refractivity contribution in [1.29, 1.82) is 0 Å². The van der Waals surface area contributed by atoms with Gasteiger partial charge in [0.05, 0.1) is 12.8 Å². The van der Waals surface area contributed by atoms with E-state index in [4.69, 9.17) is 11.6 Å². The first-order valence-corrected chi connectivity index (χ1v) is 5.06. The van der Waals surface area contributed by atoms with E-state index in [9.17, 15) is 4.79 Å². The fraction of sp³-hybridized carbons (Fsp3) is 0.273. The van der Waals surface area contributed by atoms with Gasteiger partial charge in [0.15, 0.2) is 0 Å². The number of aryl methyl sites for hydroxylation is 2. The third-order valence-electron chi connectivity index (χ3n) is 1.86. The number of rotatable bonds is 3. The Morgan fingerprint density at radius 3 is 2.38 bits per heavy atom. The van der Waals surface area contributed by atoms with Gasteiger partial charge in [0.2, 0.25) is 5.17 Å². The number of hydrogen-bond donors (Lipinski definition) is 1. The molecule has 0 aliphatic rings. The van der Waals surface area contributed by atoms with Crippen LogP contribution in [-0.4, -0.2) is 18.2 Å². The van der Waals surface area contributed by atoms with Gasteiger partial charge in [-0.1, -0.05) is 17.7 Å². The van der Waals surface area contributed by atoms with Gasteiger partial charge in [0.1, 0.15) is 0 Å². The largest absolute Gasteiger partial charge is 0.464 e. The molecule has 0 saturated carbocycles. The van der Waals surface area contributed by atoms with E-state index < -0.39 is 5.97 Å². The summed E-state index contributed by atoms with van der Waals surface area (Å²) in [6, 6.07) is 5.84. The minimum atomic E-state index is -0.668. The van der Waals surface area contributed by atoms with Crippen LogP contribution in [0.1, 0.15) is 11.1 Å². The Morgan fingerprint density at radius 1 is 1.31 bits per heavy atom. The number of halogens is 1. The highest BCUT2D eigenvalue weighted by Crippen LogP contribution is 2.13. The van der Waals surface area contributed by atoms with Gasteiger partial charge in [-0.25, -0.2) is 4.79 Å². The smallest absolute Gasteiger partial charge is 0.370 e. The fourth-order valence-electron chi connectivity index (χ4n) is 1.28. The van der Waals surface area contributed by atoms with Gasteiger partial charge < -0.3 is 4.74 Å². The first-order valence-electron chi connectivity index (χ1n) is 4.68. The molecule has 0 amide bonds. The van der Waals surface area contributed by atoms with Crippen molar-refractivity contribution in [2.75, 3.05) is 12.5 Å².